The number of carboxylic acids is 1. The maximum atomic E-state index is 11.6. The zero-order valence-electron chi connectivity index (χ0n) is 9.40. The topological polar surface area (TPSA) is 66.4 Å². The molecule has 1 rings (SSSR count). The van der Waals surface area contributed by atoms with Crippen molar-refractivity contribution in [1.29, 1.82) is 0 Å². The van der Waals surface area contributed by atoms with Crippen LogP contribution in [0.3, 0.4) is 0 Å². The largest absolute Gasteiger partial charge is 0.481 e. The van der Waals surface area contributed by atoms with E-state index in [-0.39, 0.29) is 11.8 Å². The fraction of sp³-hybridized carbons (Fsp3) is 0.455. The fourth-order valence-electron chi connectivity index (χ4n) is 1.26. The van der Waals surface area contributed by atoms with E-state index in [2.05, 4.69) is 5.32 Å². The molecule has 0 saturated carbocycles. The van der Waals surface area contributed by atoms with Crippen LogP contribution < -0.4 is 5.32 Å². The maximum Gasteiger partial charge on any atom is 0.306 e. The minimum Gasteiger partial charge on any atom is -0.481 e. The van der Waals surface area contributed by atoms with E-state index in [0.717, 1.165) is 0 Å². The number of halogens is 1. The van der Waals surface area contributed by atoms with Gasteiger partial charge in [0.25, 0.3) is 5.91 Å². The van der Waals surface area contributed by atoms with Gasteiger partial charge in [-0.05, 0) is 25.0 Å². The van der Waals surface area contributed by atoms with Crippen LogP contribution in [0.15, 0.2) is 12.1 Å². The molecule has 1 aromatic heterocycles. The van der Waals surface area contributed by atoms with Gasteiger partial charge in [-0.25, -0.2) is 0 Å². The quantitative estimate of drug-likeness (QED) is 0.785. The van der Waals surface area contributed by atoms with Crippen LogP contribution >= 0.6 is 22.9 Å². The summed E-state index contributed by atoms with van der Waals surface area (Å²) in [6.07, 6.45) is 1.21. The minimum atomic E-state index is -0.804. The Kier molecular flexibility index (Phi) is 5.44. The van der Waals surface area contributed by atoms with Gasteiger partial charge in [-0.3, -0.25) is 9.59 Å². The Morgan fingerprint density at radius 2 is 2.24 bits per heavy atom. The predicted molar refractivity (Wildman–Crippen MR) is 67.7 cm³/mol. The number of amides is 1. The zero-order valence-corrected chi connectivity index (χ0v) is 11.0. The molecule has 0 spiro atoms. The van der Waals surface area contributed by atoms with Crippen molar-refractivity contribution in [2.45, 2.75) is 19.8 Å². The van der Waals surface area contributed by atoms with Crippen LogP contribution in [0.1, 0.15) is 29.4 Å². The van der Waals surface area contributed by atoms with E-state index in [4.69, 9.17) is 16.7 Å². The molecule has 2 N–H and O–H groups in total. The van der Waals surface area contributed by atoms with Crippen molar-refractivity contribution in [1.82, 2.24) is 5.32 Å². The van der Waals surface area contributed by atoms with Crippen molar-refractivity contribution in [3.05, 3.63) is 21.3 Å². The standard InChI is InChI=1S/C11H14ClNO3S/c1-7(11(15)16)3-2-6-13-10(14)8-4-5-9(12)17-8/h4-5,7H,2-3,6H2,1H3,(H,13,14)(H,15,16). The summed E-state index contributed by atoms with van der Waals surface area (Å²) in [4.78, 5) is 22.7. The fourth-order valence-corrected chi connectivity index (χ4v) is 2.22. The average Bonchev–Trinajstić information content (AvgIpc) is 2.70. The molecule has 1 amide bonds. The third-order valence-corrected chi connectivity index (χ3v) is 3.55. The van der Waals surface area contributed by atoms with E-state index < -0.39 is 5.97 Å². The number of rotatable bonds is 6. The van der Waals surface area contributed by atoms with Crippen molar-refractivity contribution < 1.29 is 14.7 Å². The number of carbonyl (C=O) groups is 2. The first-order valence-corrected chi connectivity index (χ1v) is 6.46. The Morgan fingerprint density at radius 1 is 1.53 bits per heavy atom. The first kappa shape index (κ1) is 14.0. The van der Waals surface area contributed by atoms with Crippen LogP contribution in [0.2, 0.25) is 4.34 Å². The van der Waals surface area contributed by atoms with E-state index in [9.17, 15) is 9.59 Å². The number of thiophene rings is 1. The highest BCUT2D eigenvalue weighted by atomic mass is 35.5. The molecule has 6 heteroatoms. The van der Waals surface area contributed by atoms with Gasteiger partial charge in [-0.1, -0.05) is 18.5 Å². The molecule has 0 fully saturated rings. The third kappa shape index (κ3) is 4.75. The highest BCUT2D eigenvalue weighted by Crippen LogP contribution is 2.21. The Bertz CT molecular complexity index is 405. The van der Waals surface area contributed by atoms with Gasteiger partial charge in [0.1, 0.15) is 0 Å². The van der Waals surface area contributed by atoms with E-state index in [0.29, 0.717) is 28.6 Å². The van der Waals surface area contributed by atoms with Crippen molar-refractivity contribution in [3.63, 3.8) is 0 Å². The van der Waals surface area contributed by atoms with E-state index >= 15 is 0 Å². The summed E-state index contributed by atoms with van der Waals surface area (Å²) in [5.74, 6) is -1.34. The van der Waals surface area contributed by atoms with Crippen LogP contribution in [0.5, 0.6) is 0 Å². The number of nitrogens with one attached hydrogen (secondary N) is 1. The summed E-state index contributed by atoms with van der Waals surface area (Å²) in [5.41, 5.74) is 0. The second-order valence-electron chi connectivity index (χ2n) is 3.74. The van der Waals surface area contributed by atoms with Crippen molar-refractivity contribution >= 4 is 34.8 Å². The first-order chi connectivity index (χ1) is 8.00. The molecule has 4 nitrogen and oxygen atoms in total. The molecule has 0 radical (unpaired) electrons. The summed E-state index contributed by atoms with van der Waals surface area (Å²) < 4.78 is 0.578. The second-order valence-corrected chi connectivity index (χ2v) is 5.46. The zero-order chi connectivity index (χ0) is 12.8. The molecule has 1 heterocycles. The second kappa shape index (κ2) is 6.61. The lowest BCUT2D eigenvalue weighted by Crippen LogP contribution is -2.24. The Morgan fingerprint density at radius 3 is 2.76 bits per heavy atom. The molecule has 0 aliphatic heterocycles. The van der Waals surface area contributed by atoms with Gasteiger partial charge in [-0.15, -0.1) is 11.3 Å². The molecular formula is C11H14ClNO3S. The molecule has 0 aromatic carbocycles. The van der Waals surface area contributed by atoms with E-state index in [1.807, 2.05) is 0 Å². The summed E-state index contributed by atoms with van der Waals surface area (Å²) in [6.45, 7) is 2.13. The van der Waals surface area contributed by atoms with E-state index in [1.165, 1.54) is 11.3 Å². The van der Waals surface area contributed by atoms with Crippen LogP contribution in [-0.4, -0.2) is 23.5 Å². The first-order valence-electron chi connectivity index (χ1n) is 5.27. The monoisotopic (exact) mass is 275 g/mol. The van der Waals surface area contributed by atoms with Gasteiger partial charge < -0.3 is 10.4 Å². The molecule has 0 bridgehead atoms. The lowest BCUT2D eigenvalue weighted by Gasteiger charge is -2.06. The molecule has 1 aromatic rings. The summed E-state index contributed by atoms with van der Waals surface area (Å²) in [6, 6.07) is 3.34. The Labute approximate surface area is 109 Å². The maximum absolute atomic E-state index is 11.6. The molecule has 0 aliphatic carbocycles. The predicted octanol–water partition coefficient (Wildman–Crippen LogP) is 2.63. The number of hydrogen-bond donors (Lipinski definition) is 2. The van der Waals surface area contributed by atoms with Crippen molar-refractivity contribution in [3.8, 4) is 0 Å². The molecule has 94 valence electrons. The number of carboxylic acid groups (broad SMARTS) is 1. The van der Waals surface area contributed by atoms with Gasteiger partial charge in [0.2, 0.25) is 0 Å². The normalized spacial score (nSPS) is 12.1. The number of hydrogen-bond acceptors (Lipinski definition) is 3. The molecule has 17 heavy (non-hydrogen) atoms. The van der Waals surface area contributed by atoms with Crippen LogP contribution in [0.25, 0.3) is 0 Å². The summed E-state index contributed by atoms with van der Waals surface area (Å²) in [7, 11) is 0. The van der Waals surface area contributed by atoms with Crippen LogP contribution in [-0.2, 0) is 4.79 Å². The third-order valence-electron chi connectivity index (χ3n) is 2.32. The highest BCUT2D eigenvalue weighted by molar-refractivity contribution is 7.17. The summed E-state index contributed by atoms with van der Waals surface area (Å²) in [5, 5.41) is 11.4. The van der Waals surface area contributed by atoms with E-state index in [1.54, 1.807) is 19.1 Å². The minimum absolute atomic E-state index is 0.162. The van der Waals surface area contributed by atoms with Gasteiger partial charge in [0.05, 0.1) is 15.1 Å². The van der Waals surface area contributed by atoms with Gasteiger partial charge in [0, 0.05) is 6.54 Å². The number of carbonyl (C=O) groups excluding carboxylic acids is 1. The lowest BCUT2D eigenvalue weighted by atomic mass is 10.1. The smallest absolute Gasteiger partial charge is 0.306 e. The Balaban J connectivity index is 2.23. The van der Waals surface area contributed by atoms with Crippen LogP contribution in [0.4, 0.5) is 0 Å². The Hall–Kier alpha value is -1.07. The molecule has 0 aliphatic rings. The van der Waals surface area contributed by atoms with Crippen molar-refractivity contribution in [2.24, 2.45) is 5.92 Å². The lowest BCUT2D eigenvalue weighted by molar-refractivity contribution is -0.141. The molecule has 1 atom stereocenters. The van der Waals surface area contributed by atoms with Crippen LogP contribution in [0, 0.1) is 5.92 Å². The van der Waals surface area contributed by atoms with Gasteiger partial charge >= 0.3 is 5.97 Å². The summed E-state index contributed by atoms with van der Waals surface area (Å²) >= 11 is 6.94. The van der Waals surface area contributed by atoms with Gasteiger partial charge in [0.15, 0.2) is 0 Å². The molecular weight excluding hydrogens is 262 g/mol. The highest BCUT2D eigenvalue weighted by Gasteiger charge is 2.11. The van der Waals surface area contributed by atoms with Crippen molar-refractivity contribution in [2.75, 3.05) is 6.54 Å². The molecule has 0 saturated heterocycles. The van der Waals surface area contributed by atoms with Gasteiger partial charge in [-0.2, -0.15) is 0 Å². The number of aliphatic carboxylic acids is 1. The SMILES string of the molecule is CC(CCCNC(=O)c1ccc(Cl)s1)C(=O)O. The average molecular weight is 276 g/mol. The molecule has 1 unspecified atom stereocenters.